The summed E-state index contributed by atoms with van der Waals surface area (Å²) in [4.78, 5) is 8.37. The number of benzene rings is 3. The molecule has 1 heterocycles. The third-order valence-electron chi connectivity index (χ3n) is 3.86. The number of imidazole rings is 1. The van der Waals surface area contributed by atoms with Gasteiger partial charge in [0.2, 0.25) is 0 Å². The van der Waals surface area contributed by atoms with E-state index in [4.69, 9.17) is 4.98 Å². The quantitative estimate of drug-likeness (QED) is 0.437. The zero-order valence-electron chi connectivity index (χ0n) is 15.3. The summed E-state index contributed by atoms with van der Waals surface area (Å²) in [6.45, 7) is 0. The van der Waals surface area contributed by atoms with E-state index in [-0.39, 0.29) is 51.7 Å². The molecule has 0 aliphatic heterocycles. The molecule has 4 aromatic rings. The van der Waals surface area contributed by atoms with Gasteiger partial charge in [0.15, 0.2) is 0 Å². The standard InChI is InChI=1S/C21H16N2.Ba.2H/c1-4-10-16(11-5-1)19-20(17-12-6-2-7-13-17)23-21(22-19)18-14-8-3-9-15-18;;;/h1-15H,(H,22,23);;;/q;+2;2*-1. The molecule has 4 rings (SSSR count). The second-order valence-corrected chi connectivity index (χ2v) is 5.41. The Morgan fingerprint density at radius 3 is 1.58 bits per heavy atom. The Bertz CT molecular complexity index is 854. The average Bonchev–Trinajstić information content (AvgIpc) is 3.09. The van der Waals surface area contributed by atoms with Crippen molar-refractivity contribution in [3.05, 3.63) is 91.0 Å². The average molecular weight is 436 g/mol. The maximum absolute atomic E-state index is 4.87. The van der Waals surface area contributed by atoms with E-state index < -0.39 is 0 Å². The molecule has 1 aromatic heterocycles. The second kappa shape index (κ2) is 8.01. The molecule has 0 amide bonds. The zero-order valence-corrected chi connectivity index (χ0v) is 17.8. The minimum Gasteiger partial charge on any atom is -1.00 e. The van der Waals surface area contributed by atoms with E-state index in [1.807, 2.05) is 54.6 Å². The van der Waals surface area contributed by atoms with Gasteiger partial charge in [-0.05, 0) is 0 Å². The molecule has 1 N–H and O–H groups in total. The van der Waals surface area contributed by atoms with Crippen molar-refractivity contribution >= 4 is 48.9 Å². The van der Waals surface area contributed by atoms with Crippen LogP contribution in [0.4, 0.5) is 0 Å². The van der Waals surface area contributed by atoms with Crippen LogP contribution in [0.25, 0.3) is 33.9 Å². The molecule has 0 saturated heterocycles. The van der Waals surface area contributed by atoms with Gasteiger partial charge in [-0.2, -0.15) is 0 Å². The van der Waals surface area contributed by atoms with Crippen LogP contribution in [0.3, 0.4) is 0 Å². The van der Waals surface area contributed by atoms with Gasteiger partial charge in [-0.3, -0.25) is 0 Å². The zero-order chi connectivity index (χ0) is 15.5. The molecule has 114 valence electrons. The summed E-state index contributed by atoms with van der Waals surface area (Å²) in [5, 5.41) is 0. The predicted octanol–water partition coefficient (Wildman–Crippen LogP) is 5.25. The van der Waals surface area contributed by atoms with Crippen molar-refractivity contribution in [3.8, 4) is 33.9 Å². The number of aromatic nitrogens is 2. The molecule has 0 radical (unpaired) electrons. The van der Waals surface area contributed by atoms with Gasteiger partial charge in [-0.1, -0.05) is 91.0 Å². The fourth-order valence-electron chi connectivity index (χ4n) is 2.72. The van der Waals surface area contributed by atoms with Crippen LogP contribution < -0.4 is 0 Å². The van der Waals surface area contributed by atoms with Gasteiger partial charge in [0.25, 0.3) is 0 Å². The first kappa shape index (κ1) is 17.3. The van der Waals surface area contributed by atoms with E-state index in [1.165, 1.54) is 0 Å². The molecular weight excluding hydrogens is 418 g/mol. The van der Waals surface area contributed by atoms with Crippen LogP contribution in [0.5, 0.6) is 0 Å². The molecule has 3 aromatic carbocycles. The molecule has 2 nitrogen and oxygen atoms in total. The van der Waals surface area contributed by atoms with Gasteiger partial charge in [-0.25, -0.2) is 4.98 Å². The Hall–Kier alpha value is -1.56. The molecule has 0 atom stereocenters. The molecule has 0 unspecified atom stereocenters. The van der Waals surface area contributed by atoms with Crippen LogP contribution in [0.1, 0.15) is 2.85 Å². The minimum atomic E-state index is 0. The summed E-state index contributed by atoms with van der Waals surface area (Å²) in [6, 6.07) is 30.9. The van der Waals surface area contributed by atoms with E-state index in [0.717, 1.165) is 33.9 Å². The molecule has 24 heavy (non-hydrogen) atoms. The van der Waals surface area contributed by atoms with Gasteiger partial charge in [0, 0.05) is 16.7 Å². The first-order valence-corrected chi connectivity index (χ1v) is 7.68. The van der Waals surface area contributed by atoms with Gasteiger partial charge in [0.1, 0.15) is 5.82 Å². The van der Waals surface area contributed by atoms with Crippen molar-refractivity contribution in [1.29, 1.82) is 0 Å². The van der Waals surface area contributed by atoms with Crippen LogP contribution in [0.2, 0.25) is 0 Å². The number of hydrogen-bond acceptors (Lipinski definition) is 1. The van der Waals surface area contributed by atoms with Crippen LogP contribution in [0.15, 0.2) is 91.0 Å². The van der Waals surface area contributed by atoms with E-state index in [0.29, 0.717) is 0 Å². The predicted molar refractivity (Wildman–Crippen MR) is 103 cm³/mol. The van der Waals surface area contributed by atoms with E-state index in [9.17, 15) is 0 Å². The van der Waals surface area contributed by atoms with Gasteiger partial charge < -0.3 is 7.84 Å². The molecular formula is C21H18BaN2. The third kappa shape index (κ3) is 3.58. The SMILES string of the molecule is [Ba+2].[H-].[H-].c1ccc(-c2nc(-c3ccccc3)c(-c3ccccc3)[nH]2)cc1. The van der Waals surface area contributed by atoms with Crippen molar-refractivity contribution in [2.75, 3.05) is 0 Å². The maximum atomic E-state index is 4.87. The molecule has 0 fully saturated rings. The first-order chi connectivity index (χ1) is 11.4. The Kier molecular flexibility index (Phi) is 5.77. The monoisotopic (exact) mass is 436 g/mol. The molecule has 0 spiro atoms. The van der Waals surface area contributed by atoms with Crippen molar-refractivity contribution in [2.24, 2.45) is 0 Å². The summed E-state index contributed by atoms with van der Waals surface area (Å²) in [6.07, 6.45) is 0. The summed E-state index contributed by atoms with van der Waals surface area (Å²) < 4.78 is 0. The second-order valence-electron chi connectivity index (χ2n) is 5.41. The Morgan fingerprint density at radius 2 is 1.04 bits per heavy atom. The Balaban J connectivity index is 0.00000113. The van der Waals surface area contributed by atoms with E-state index in [2.05, 4.69) is 41.4 Å². The molecule has 0 bridgehead atoms. The molecule has 3 heteroatoms. The summed E-state index contributed by atoms with van der Waals surface area (Å²) in [5.41, 5.74) is 5.38. The normalized spacial score (nSPS) is 10.2. The summed E-state index contributed by atoms with van der Waals surface area (Å²) in [5.74, 6) is 0.892. The fourth-order valence-corrected chi connectivity index (χ4v) is 2.72. The number of H-pyrrole nitrogens is 1. The molecule has 0 aliphatic carbocycles. The Morgan fingerprint density at radius 1 is 0.583 bits per heavy atom. The van der Waals surface area contributed by atoms with Crippen molar-refractivity contribution in [2.45, 2.75) is 0 Å². The van der Waals surface area contributed by atoms with Crippen LogP contribution in [-0.4, -0.2) is 58.8 Å². The smallest absolute Gasteiger partial charge is 1.00 e. The first-order valence-electron chi connectivity index (χ1n) is 7.68. The van der Waals surface area contributed by atoms with Crippen molar-refractivity contribution in [3.63, 3.8) is 0 Å². The van der Waals surface area contributed by atoms with Crippen molar-refractivity contribution < 1.29 is 2.85 Å². The number of rotatable bonds is 3. The summed E-state index contributed by atoms with van der Waals surface area (Å²) >= 11 is 0. The largest absolute Gasteiger partial charge is 2.00 e. The summed E-state index contributed by atoms with van der Waals surface area (Å²) in [7, 11) is 0. The van der Waals surface area contributed by atoms with Gasteiger partial charge in [-0.15, -0.1) is 0 Å². The Labute approximate surface area is 185 Å². The molecule has 0 aliphatic rings. The van der Waals surface area contributed by atoms with Gasteiger partial charge >= 0.3 is 48.9 Å². The van der Waals surface area contributed by atoms with E-state index >= 15 is 0 Å². The minimum absolute atomic E-state index is 0. The number of nitrogens with zero attached hydrogens (tertiary/aromatic N) is 1. The van der Waals surface area contributed by atoms with Gasteiger partial charge in [0.05, 0.1) is 11.4 Å². The van der Waals surface area contributed by atoms with Crippen molar-refractivity contribution in [1.82, 2.24) is 9.97 Å². The molecule has 0 saturated carbocycles. The maximum Gasteiger partial charge on any atom is 2.00 e. The number of aromatic amines is 1. The number of nitrogens with one attached hydrogen (secondary N) is 1. The van der Waals surface area contributed by atoms with E-state index in [1.54, 1.807) is 0 Å². The topological polar surface area (TPSA) is 28.7 Å². The van der Waals surface area contributed by atoms with Crippen LogP contribution in [0, 0.1) is 0 Å². The third-order valence-corrected chi connectivity index (χ3v) is 3.86. The number of hydrogen-bond donors (Lipinski definition) is 1. The van der Waals surface area contributed by atoms with Crippen LogP contribution in [-0.2, 0) is 0 Å². The van der Waals surface area contributed by atoms with Crippen LogP contribution >= 0.6 is 0 Å². The fraction of sp³-hybridized carbons (Fsp3) is 0.